The predicted molar refractivity (Wildman–Crippen MR) is 62.8 cm³/mol. The summed E-state index contributed by atoms with van der Waals surface area (Å²) in [4.78, 5) is 11.3. The van der Waals surface area contributed by atoms with E-state index >= 15 is 0 Å². The van der Waals surface area contributed by atoms with Crippen molar-refractivity contribution in [3.8, 4) is 0 Å². The molecule has 0 spiro atoms. The van der Waals surface area contributed by atoms with Gasteiger partial charge in [0.1, 0.15) is 0 Å². The van der Waals surface area contributed by atoms with Crippen LogP contribution in [0, 0.1) is 5.92 Å². The Balaban J connectivity index is 3.55. The van der Waals surface area contributed by atoms with Crippen molar-refractivity contribution >= 4 is 5.91 Å². The zero-order chi connectivity index (χ0) is 11.5. The summed E-state index contributed by atoms with van der Waals surface area (Å²) < 4.78 is 4.85. The van der Waals surface area contributed by atoms with E-state index in [1.807, 2.05) is 0 Å². The lowest BCUT2D eigenvalue weighted by molar-refractivity contribution is -0.122. The predicted octanol–water partition coefficient (Wildman–Crippen LogP) is 2.36. The summed E-state index contributed by atoms with van der Waals surface area (Å²) >= 11 is 0. The molecule has 0 saturated carbocycles. The van der Waals surface area contributed by atoms with Gasteiger partial charge in [0.2, 0.25) is 5.91 Å². The van der Waals surface area contributed by atoms with Gasteiger partial charge in [0.25, 0.3) is 0 Å². The molecule has 0 fully saturated rings. The molecule has 1 N–H and O–H groups in total. The molecule has 1 unspecified atom stereocenters. The molecule has 0 saturated heterocycles. The Morgan fingerprint density at radius 1 is 1.40 bits per heavy atom. The monoisotopic (exact) mass is 215 g/mol. The van der Waals surface area contributed by atoms with Gasteiger partial charge < -0.3 is 10.1 Å². The Morgan fingerprint density at radius 3 is 2.67 bits per heavy atom. The Labute approximate surface area is 93.6 Å². The number of rotatable bonds is 9. The highest BCUT2D eigenvalue weighted by molar-refractivity contribution is 5.75. The number of hydrogen-bond donors (Lipinski definition) is 1. The van der Waals surface area contributed by atoms with Gasteiger partial charge in [-0.1, -0.05) is 33.1 Å². The average molecular weight is 215 g/mol. The summed E-state index contributed by atoms with van der Waals surface area (Å²) in [5.41, 5.74) is 0. The number of carbonyl (C=O) groups is 1. The fraction of sp³-hybridized carbons (Fsp3) is 0.917. The van der Waals surface area contributed by atoms with Gasteiger partial charge in [-0.25, -0.2) is 0 Å². The molecular weight excluding hydrogens is 190 g/mol. The summed E-state index contributed by atoms with van der Waals surface area (Å²) in [6.07, 6.45) is 5.32. The maximum Gasteiger partial charge on any atom is 0.222 e. The van der Waals surface area contributed by atoms with Gasteiger partial charge in [0, 0.05) is 20.1 Å². The molecule has 1 amide bonds. The molecular formula is C12H25NO2. The molecule has 0 aliphatic carbocycles. The highest BCUT2D eigenvalue weighted by Crippen LogP contribution is 2.11. The molecule has 90 valence electrons. The maximum absolute atomic E-state index is 11.3. The van der Waals surface area contributed by atoms with Gasteiger partial charge in [-0.3, -0.25) is 4.79 Å². The maximum atomic E-state index is 11.3. The van der Waals surface area contributed by atoms with Crippen LogP contribution in [0.15, 0.2) is 0 Å². The van der Waals surface area contributed by atoms with Crippen LogP contribution < -0.4 is 5.32 Å². The van der Waals surface area contributed by atoms with Gasteiger partial charge >= 0.3 is 0 Å². The van der Waals surface area contributed by atoms with Crippen LogP contribution in [0.3, 0.4) is 0 Å². The first-order valence-electron chi connectivity index (χ1n) is 6.00. The number of carbonyl (C=O) groups excluding carboxylic acids is 1. The average Bonchev–Trinajstić information content (AvgIpc) is 2.26. The van der Waals surface area contributed by atoms with Gasteiger partial charge in [-0.15, -0.1) is 0 Å². The zero-order valence-electron chi connectivity index (χ0n) is 10.3. The van der Waals surface area contributed by atoms with E-state index in [1.54, 1.807) is 7.11 Å². The van der Waals surface area contributed by atoms with Crippen LogP contribution in [0.1, 0.15) is 46.0 Å². The highest BCUT2D eigenvalue weighted by atomic mass is 16.5. The third kappa shape index (κ3) is 8.43. The number of hydrogen-bond acceptors (Lipinski definition) is 2. The standard InChI is InChI=1S/C12H25NO2/c1-4-6-7-11(5-2)10-13-12(14)8-9-15-3/h11H,4-10H2,1-3H3,(H,13,14). The topological polar surface area (TPSA) is 38.3 Å². The minimum Gasteiger partial charge on any atom is -0.384 e. The van der Waals surface area contributed by atoms with Crippen molar-refractivity contribution in [1.29, 1.82) is 0 Å². The SMILES string of the molecule is CCCCC(CC)CNC(=O)CCOC. The van der Waals surface area contributed by atoms with E-state index in [0.717, 1.165) is 13.0 Å². The molecule has 3 heteroatoms. The molecule has 0 rings (SSSR count). The number of amides is 1. The van der Waals surface area contributed by atoms with Crippen LogP contribution in [-0.4, -0.2) is 26.2 Å². The minimum absolute atomic E-state index is 0.104. The second-order valence-corrected chi connectivity index (χ2v) is 3.96. The van der Waals surface area contributed by atoms with E-state index in [9.17, 15) is 4.79 Å². The van der Waals surface area contributed by atoms with Crippen LogP contribution in [0.2, 0.25) is 0 Å². The van der Waals surface area contributed by atoms with Crippen molar-refractivity contribution in [3.63, 3.8) is 0 Å². The minimum atomic E-state index is 0.104. The molecule has 0 aromatic rings. The lowest BCUT2D eigenvalue weighted by Gasteiger charge is -2.15. The first-order valence-corrected chi connectivity index (χ1v) is 6.00. The first kappa shape index (κ1) is 14.4. The quantitative estimate of drug-likeness (QED) is 0.641. The van der Waals surface area contributed by atoms with Crippen LogP contribution in [0.25, 0.3) is 0 Å². The second kappa shape index (κ2) is 9.97. The van der Waals surface area contributed by atoms with E-state index in [-0.39, 0.29) is 5.91 Å². The normalized spacial score (nSPS) is 12.5. The van der Waals surface area contributed by atoms with Crippen molar-refractivity contribution in [2.75, 3.05) is 20.3 Å². The zero-order valence-corrected chi connectivity index (χ0v) is 10.3. The van der Waals surface area contributed by atoms with Crippen LogP contribution in [0.5, 0.6) is 0 Å². The van der Waals surface area contributed by atoms with E-state index in [0.29, 0.717) is 18.9 Å². The number of methoxy groups -OCH3 is 1. The third-order valence-corrected chi connectivity index (χ3v) is 2.66. The van der Waals surface area contributed by atoms with E-state index in [2.05, 4.69) is 19.2 Å². The summed E-state index contributed by atoms with van der Waals surface area (Å²) in [7, 11) is 1.61. The second-order valence-electron chi connectivity index (χ2n) is 3.96. The number of ether oxygens (including phenoxy) is 1. The van der Waals surface area contributed by atoms with Crippen molar-refractivity contribution in [2.24, 2.45) is 5.92 Å². The Hall–Kier alpha value is -0.570. The fourth-order valence-electron chi connectivity index (χ4n) is 1.48. The third-order valence-electron chi connectivity index (χ3n) is 2.66. The van der Waals surface area contributed by atoms with E-state index < -0.39 is 0 Å². The molecule has 0 aliphatic heterocycles. The lowest BCUT2D eigenvalue weighted by atomic mass is 9.99. The van der Waals surface area contributed by atoms with Crippen molar-refractivity contribution in [2.45, 2.75) is 46.0 Å². The van der Waals surface area contributed by atoms with Crippen LogP contribution in [-0.2, 0) is 9.53 Å². The number of unbranched alkanes of at least 4 members (excludes halogenated alkanes) is 1. The molecule has 0 aromatic heterocycles. The molecule has 0 aliphatic rings. The Bertz CT molecular complexity index is 160. The molecule has 0 heterocycles. The van der Waals surface area contributed by atoms with Crippen LogP contribution in [0.4, 0.5) is 0 Å². The molecule has 0 aromatic carbocycles. The van der Waals surface area contributed by atoms with Crippen LogP contribution >= 0.6 is 0 Å². The molecule has 0 radical (unpaired) electrons. The molecule has 1 atom stereocenters. The highest BCUT2D eigenvalue weighted by Gasteiger charge is 2.07. The number of nitrogens with one attached hydrogen (secondary N) is 1. The van der Waals surface area contributed by atoms with Gasteiger partial charge in [0.15, 0.2) is 0 Å². The largest absolute Gasteiger partial charge is 0.384 e. The smallest absolute Gasteiger partial charge is 0.222 e. The van der Waals surface area contributed by atoms with Gasteiger partial charge in [-0.05, 0) is 12.3 Å². The Kier molecular flexibility index (Phi) is 9.59. The van der Waals surface area contributed by atoms with Crippen molar-refractivity contribution < 1.29 is 9.53 Å². The van der Waals surface area contributed by atoms with Crippen molar-refractivity contribution in [3.05, 3.63) is 0 Å². The van der Waals surface area contributed by atoms with Gasteiger partial charge in [-0.2, -0.15) is 0 Å². The molecule has 3 nitrogen and oxygen atoms in total. The van der Waals surface area contributed by atoms with E-state index in [4.69, 9.17) is 4.74 Å². The summed E-state index contributed by atoms with van der Waals surface area (Å²) in [6, 6.07) is 0. The van der Waals surface area contributed by atoms with Crippen molar-refractivity contribution in [1.82, 2.24) is 5.32 Å². The summed E-state index contributed by atoms with van der Waals surface area (Å²) in [6.45, 7) is 5.71. The summed E-state index contributed by atoms with van der Waals surface area (Å²) in [5.74, 6) is 0.739. The fourth-order valence-corrected chi connectivity index (χ4v) is 1.48. The first-order chi connectivity index (χ1) is 7.24. The lowest BCUT2D eigenvalue weighted by Crippen LogP contribution is -2.29. The van der Waals surface area contributed by atoms with Gasteiger partial charge in [0.05, 0.1) is 6.61 Å². The Morgan fingerprint density at radius 2 is 2.13 bits per heavy atom. The summed E-state index contributed by atoms with van der Waals surface area (Å²) in [5, 5.41) is 2.96. The molecule has 15 heavy (non-hydrogen) atoms. The molecule has 0 bridgehead atoms. The van der Waals surface area contributed by atoms with E-state index in [1.165, 1.54) is 19.3 Å².